The van der Waals surface area contributed by atoms with Crippen molar-refractivity contribution in [3.63, 3.8) is 0 Å². The number of nitrogens with zero attached hydrogens (tertiary/aromatic N) is 3. The number of carbonyl (C=O) groups excluding carboxylic acids is 3. The van der Waals surface area contributed by atoms with Gasteiger partial charge in [-0.25, -0.2) is 14.3 Å². The highest BCUT2D eigenvalue weighted by Gasteiger charge is 2.61. The lowest BCUT2D eigenvalue weighted by Crippen LogP contribution is -2.56. The van der Waals surface area contributed by atoms with Gasteiger partial charge in [0.15, 0.2) is 0 Å². The van der Waals surface area contributed by atoms with Gasteiger partial charge >= 0.3 is 12.1 Å². The SMILES string of the molecule is COc1ccc(-c2nn([C@@H]3C[C@H]4C(=O)N[C@]5(C(=O)O)CC5/C=C\CCCCC[C@H](NC(=O)OC(C)(C)C)C(=O)N4C3)c(=O)c3ccccc23)cc1. The smallest absolute Gasteiger partial charge is 0.408 e. The third-order valence-electron chi connectivity index (χ3n) is 9.87. The highest BCUT2D eigenvalue weighted by Crippen LogP contribution is 2.45. The van der Waals surface area contributed by atoms with Crippen molar-refractivity contribution in [2.24, 2.45) is 5.92 Å². The minimum absolute atomic E-state index is 0.000233. The Morgan fingerprint density at radius 2 is 1.75 bits per heavy atom. The summed E-state index contributed by atoms with van der Waals surface area (Å²) < 4.78 is 12.1. The molecule has 0 radical (unpaired) electrons. The van der Waals surface area contributed by atoms with Gasteiger partial charge in [0.05, 0.1) is 24.2 Å². The van der Waals surface area contributed by atoms with Crippen LogP contribution in [0, 0.1) is 5.92 Å². The number of benzene rings is 2. The van der Waals surface area contributed by atoms with E-state index in [1.54, 1.807) is 52.1 Å². The van der Waals surface area contributed by atoms with Crippen molar-refractivity contribution in [1.29, 1.82) is 0 Å². The van der Waals surface area contributed by atoms with Gasteiger partial charge in [-0.2, -0.15) is 5.10 Å². The summed E-state index contributed by atoms with van der Waals surface area (Å²) in [6.07, 6.45) is 6.48. The number of nitrogens with one attached hydrogen (secondary N) is 2. The summed E-state index contributed by atoms with van der Waals surface area (Å²) in [5.41, 5.74) is -1.41. The normalized spacial score (nSPS) is 26.2. The Morgan fingerprint density at radius 1 is 1.02 bits per heavy atom. The van der Waals surface area contributed by atoms with Crippen molar-refractivity contribution in [2.75, 3.05) is 13.7 Å². The predicted molar refractivity (Wildman–Crippen MR) is 189 cm³/mol. The van der Waals surface area contributed by atoms with E-state index >= 15 is 0 Å². The summed E-state index contributed by atoms with van der Waals surface area (Å²) in [7, 11) is 1.57. The molecule has 2 fully saturated rings. The van der Waals surface area contributed by atoms with E-state index in [2.05, 4.69) is 10.6 Å². The summed E-state index contributed by atoms with van der Waals surface area (Å²) >= 11 is 0. The molecule has 5 atom stereocenters. The van der Waals surface area contributed by atoms with E-state index in [-0.39, 0.29) is 30.9 Å². The molecule has 270 valence electrons. The molecule has 13 nitrogen and oxygen atoms in total. The number of allylic oxidation sites excluding steroid dienone is 1. The number of methoxy groups -OCH3 is 1. The van der Waals surface area contributed by atoms with Gasteiger partial charge in [0.2, 0.25) is 11.8 Å². The second kappa shape index (κ2) is 14.2. The fourth-order valence-corrected chi connectivity index (χ4v) is 7.12. The van der Waals surface area contributed by atoms with Crippen LogP contribution in [0.4, 0.5) is 4.79 Å². The number of alkyl carbamates (subject to hydrolysis) is 1. The van der Waals surface area contributed by atoms with Crippen LogP contribution in [0.25, 0.3) is 22.0 Å². The number of rotatable bonds is 5. The lowest BCUT2D eigenvalue weighted by molar-refractivity contribution is -0.145. The zero-order valence-electron chi connectivity index (χ0n) is 29.4. The van der Waals surface area contributed by atoms with Crippen molar-refractivity contribution in [3.05, 3.63) is 71.0 Å². The second-order valence-electron chi connectivity index (χ2n) is 14.6. The molecule has 1 saturated heterocycles. The van der Waals surface area contributed by atoms with Gasteiger partial charge in [-0.15, -0.1) is 0 Å². The summed E-state index contributed by atoms with van der Waals surface area (Å²) in [5, 5.41) is 21.6. The van der Waals surface area contributed by atoms with E-state index in [0.29, 0.717) is 35.1 Å². The quantitative estimate of drug-likeness (QED) is 0.323. The Morgan fingerprint density at radius 3 is 2.43 bits per heavy atom. The number of aliphatic carboxylic acids is 1. The number of carbonyl (C=O) groups is 4. The molecule has 6 rings (SSSR count). The number of amides is 3. The molecule has 3 amide bonds. The molecule has 1 unspecified atom stereocenters. The molecular formula is C38H45N5O8. The molecular weight excluding hydrogens is 654 g/mol. The van der Waals surface area contributed by atoms with Crippen LogP contribution >= 0.6 is 0 Å². The first-order chi connectivity index (χ1) is 24.3. The molecule has 1 aromatic heterocycles. The lowest BCUT2D eigenvalue weighted by atomic mass is 10.0. The van der Waals surface area contributed by atoms with Gasteiger partial charge in [-0.1, -0.05) is 43.2 Å². The van der Waals surface area contributed by atoms with Gasteiger partial charge in [-0.3, -0.25) is 14.4 Å². The van der Waals surface area contributed by atoms with Crippen LogP contribution in [0.3, 0.4) is 0 Å². The van der Waals surface area contributed by atoms with E-state index in [9.17, 15) is 29.1 Å². The third-order valence-corrected chi connectivity index (χ3v) is 9.87. The van der Waals surface area contributed by atoms with Gasteiger partial charge in [0, 0.05) is 29.8 Å². The topological polar surface area (TPSA) is 169 Å². The van der Waals surface area contributed by atoms with Crippen LogP contribution in [0.5, 0.6) is 5.75 Å². The maximum absolute atomic E-state index is 14.5. The molecule has 1 saturated carbocycles. The first-order valence-corrected chi connectivity index (χ1v) is 17.5. The first kappa shape index (κ1) is 35.6. The Balaban J connectivity index is 1.40. The fraction of sp³-hybridized carbons (Fsp3) is 0.474. The Labute approximate surface area is 296 Å². The largest absolute Gasteiger partial charge is 0.497 e. The van der Waals surface area contributed by atoms with Crippen molar-refractivity contribution in [1.82, 2.24) is 25.3 Å². The van der Waals surface area contributed by atoms with Crippen LogP contribution in [0.1, 0.15) is 71.8 Å². The van der Waals surface area contributed by atoms with E-state index in [1.807, 2.05) is 36.4 Å². The Kier molecular flexibility index (Phi) is 9.92. The number of carboxylic acid groups (broad SMARTS) is 1. The maximum atomic E-state index is 14.5. The first-order valence-electron chi connectivity index (χ1n) is 17.5. The predicted octanol–water partition coefficient (Wildman–Crippen LogP) is 4.59. The highest BCUT2D eigenvalue weighted by atomic mass is 16.6. The Hall–Kier alpha value is -5.20. The monoisotopic (exact) mass is 699 g/mol. The van der Waals surface area contributed by atoms with E-state index in [4.69, 9.17) is 14.6 Å². The summed E-state index contributed by atoms with van der Waals surface area (Å²) in [6, 6.07) is 11.5. The van der Waals surface area contributed by atoms with E-state index in [0.717, 1.165) is 24.8 Å². The van der Waals surface area contributed by atoms with Crippen molar-refractivity contribution in [3.8, 4) is 17.0 Å². The molecule has 2 aliphatic heterocycles. The molecule has 0 spiro atoms. The zero-order valence-corrected chi connectivity index (χ0v) is 29.4. The van der Waals surface area contributed by atoms with Gasteiger partial charge in [-0.05, 0) is 76.8 Å². The number of fused-ring (bicyclic) bond motifs is 3. The molecule has 51 heavy (non-hydrogen) atoms. The van der Waals surface area contributed by atoms with Crippen LogP contribution < -0.4 is 20.9 Å². The second-order valence-corrected chi connectivity index (χ2v) is 14.6. The van der Waals surface area contributed by atoms with Gasteiger partial charge in [0.25, 0.3) is 5.56 Å². The molecule has 3 aliphatic rings. The summed E-state index contributed by atoms with van der Waals surface area (Å²) in [6.45, 7) is 5.10. The zero-order chi connectivity index (χ0) is 36.5. The van der Waals surface area contributed by atoms with Gasteiger partial charge in [0.1, 0.15) is 29.0 Å². The van der Waals surface area contributed by atoms with Crippen molar-refractivity contribution >= 4 is 34.6 Å². The summed E-state index contributed by atoms with van der Waals surface area (Å²) in [4.78, 5) is 69.5. The molecule has 0 bridgehead atoms. The molecule has 13 heteroatoms. The van der Waals surface area contributed by atoms with Crippen LogP contribution in [0.2, 0.25) is 0 Å². The molecule has 3 aromatic rings. The van der Waals surface area contributed by atoms with Crippen molar-refractivity contribution in [2.45, 2.75) is 95.0 Å². The number of carboxylic acids is 1. The number of ether oxygens (including phenoxy) is 2. The number of hydrogen-bond donors (Lipinski definition) is 3. The van der Waals surface area contributed by atoms with Crippen LogP contribution in [-0.4, -0.2) is 80.5 Å². The molecule has 1 aliphatic carbocycles. The minimum Gasteiger partial charge on any atom is -0.497 e. The average molecular weight is 700 g/mol. The molecule has 3 N–H and O–H groups in total. The Bertz CT molecular complexity index is 1920. The van der Waals surface area contributed by atoms with E-state index in [1.165, 1.54) is 9.58 Å². The number of aromatic nitrogens is 2. The molecule has 2 aromatic carbocycles. The lowest BCUT2D eigenvalue weighted by Gasteiger charge is -2.30. The third kappa shape index (κ3) is 7.47. The fourth-order valence-electron chi connectivity index (χ4n) is 7.12. The minimum atomic E-state index is -1.49. The summed E-state index contributed by atoms with van der Waals surface area (Å²) in [5.74, 6) is -2.04. The average Bonchev–Trinajstić information content (AvgIpc) is 3.61. The number of hydrogen-bond acceptors (Lipinski definition) is 8. The van der Waals surface area contributed by atoms with Crippen molar-refractivity contribution < 1.29 is 33.8 Å². The van der Waals surface area contributed by atoms with Crippen LogP contribution in [0.15, 0.2) is 65.5 Å². The van der Waals surface area contributed by atoms with Crippen LogP contribution in [-0.2, 0) is 19.1 Å². The standard InChI is InChI=1S/C38H45N5O8/c1-37(2,3)51-36(49)39-29-15-9-7-5-6-8-12-24-21-38(24,35(47)48)40-32(44)30-20-25(22-42(30)34(29)46)43-33(45)28-14-11-10-13-27(28)31(41-43)23-16-18-26(50-4)19-17-23/h8,10-14,16-19,24-25,29-30H,5-7,9,15,20-22H2,1-4H3,(H,39,49)(H,40,44)(H,47,48)/b12-8-/t24?,25-,29+,30+,38-/m1/s1. The highest BCUT2D eigenvalue weighted by molar-refractivity contribution is 5.96. The van der Waals surface area contributed by atoms with E-state index < -0.39 is 53.1 Å². The van der Waals surface area contributed by atoms with Gasteiger partial charge < -0.3 is 30.1 Å². The molecule has 3 heterocycles. The maximum Gasteiger partial charge on any atom is 0.408 e.